The highest BCUT2D eigenvalue weighted by Crippen LogP contribution is 2.35. The van der Waals surface area contributed by atoms with Crippen molar-refractivity contribution in [2.45, 2.75) is 115 Å². The van der Waals surface area contributed by atoms with Gasteiger partial charge < -0.3 is 0 Å². The van der Waals surface area contributed by atoms with E-state index in [9.17, 15) is 0 Å². The van der Waals surface area contributed by atoms with Gasteiger partial charge in [-0.3, -0.25) is 0 Å². The van der Waals surface area contributed by atoms with Gasteiger partial charge in [-0.2, -0.15) is 0 Å². The fourth-order valence-corrected chi connectivity index (χ4v) is 5.90. The Morgan fingerprint density at radius 3 is 1.74 bits per heavy atom. The van der Waals surface area contributed by atoms with Crippen molar-refractivity contribution in [1.82, 2.24) is 0 Å². The van der Waals surface area contributed by atoms with E-state index >= 15 is 0 Å². The zero-order chi connectivity index (χ0) is 37.3. The SMILES string of the molecule is C/C=C\C=C/c1cccc(C)c1.CC.CC.CCC(C)C1=C(c2ccccc2C)C=CCC1.CCC(C)c1ccccc1-c1ccccc1C. The monoisotopic (exact) mass is 669 g/mol. The van der Waals surface area contributed by atoms with Gasteiger partial charge in [-0.1, -0.05) is 200 Å². The molecule has 0 spiro atoms. The molecule has 0 heteroatoms. The molecule has 0 aromatic heterocycles. The van der Waals surface area contributed by atoms with E-state index in [2.05, 4.69) is 170 Å². The molecule has 0 heterocycles. The van der Waals surface area contributed by atoms with E-state index in [-0.39, 0.29) is 0 Å². The van der Waals surface area contributed by atoms with Crippen LogP contribution in [0.25, 0.3) is 22.8 Å². The lowest BCUT2D eigenvalue weighted by atomic mass is 9.83. The highest BCUT2D eigenvalue weighted by molar-refractivity contribution is 5.79. The lowest BCUT2D eigenvalue weighted by Gasteiger charge is -2.22. The van der Waals surface area contributed by atoms with Gasteiger partial charge in [0, 0.05) is 0 Å². The van der Waals surface area contributed by atoms with Crippen LogP contribution in [-0.2, 0) is 0 Å². The molecule has 50 heavy (non-hydrogen) atoms. The van der Waals surface area contributed by atoms with E-state index in [1.165, 1.54) is 75.8 Å². The molecule has 268 valence electrons. The number of hydrogen-bond donors (Lipinski definition) is 0. The van der Waals surface area contributed by atoms with Gasteiger partial charge in [0.15, 0.2) is 0 Å². The first-order chi connectivity index (χ1) is 24.3. The van der Waals surface area contributed by atoms with Crippen molar-refractivity contribution >= 4 is 11.6 Å². The van der Waals surface area contributed by atoms with Crippen LogP contribution in [-0.4, -0.2) is 0 Å². The Labute approximate surface area is 308 Å². The van der Waals surface area contributed by atoms with E-state index in [1.54, 1.807) is 5.57 Å². The minimum Gasteiger partial charge on any atom is -0.0877 e. The van der Waals surface area contributed by atoms with Crippen LogP contribution in [0.2, 0.25) is 0 Å². The fraction of sp³-hybridized carbons (Fsp3) is 0.360. The summed E-state index contributed by atoms with van der Waals surface area (Å²) in [6.45, 7) is 25.7. The molecule has 2 atom stereocenters. The summed E-state index contributed by atoms with van der Waals surface area (Å²) in [4.78, 5) is 0. The largest absolute Gasteiger partial charge is 0.0877 e. The zero-order valence-electron chi connectivity index (χ0n) is 33.7. The zero-order valence-corrected chi connectivity index (χ0v) is 33.7. The first-order valence-corrected chi connectivity index (χ1v) is 19.3. The summed E-state index contributed by atoms with van der Waals surface area (Å²) in [7, 11) is 0. The predicted octanol–water partition coefficient (Wildman–Crippen LogP) is 16.0. The van der Waals surface area contributed by atoms with Crippen LogP contribution in [0.3, 0.4) is 0 Å². The van der Waals surface area contributed by atoms with Crippen molar-refractivity contribution < 1.29 is 0 Å². The summed E-state index contributed by atoms with van der Waals surface area (Å²) < 4.78 is 0. The molecule has 0 bridgehead atoms. The van der Waals surface area contributed by atoms with E-state index in [0.717, 1.165) is 0 Å². The molecule has 0 fully saturated rings. The van der Waals surface area contributed by atoms with E-state index < -0.39 is 0 Å². The highest BCUT2D eigenvalue weighted by atomic mass is 14.2. The van der Waals surface area contributed by atoms with Gasteiger partial charge in [0.25, 0.3) is 0 Å². The van der Waals surface area contributed by atoms with Crippen LogP contribution in [0.5, 0.6) is 0 Å². The number of allylic oxidation sites excluding steroid dienone is 7. The third-order valence-corrected chi connectivity index (χ3v) is 9.03. The molecule has 1 aliphatic rings. The number of hydrogen-bond acceptors (Lipinski definition) is 0. The van der Waals surface area contributed by atoms with E-state index in [1.807, 2.05) is 46.8 Å². The second kappa shape index (κ2) is 25.8. The van der Waals surface area contributed by atoms with Crippen LogP contribution < -0.4 is 0 Å². The van der Waals surface area contributed by atoms with Crippen LogP contribution in [0.4, 0.5) is 0 Å². The molecule has 0 saturated heterocycles. The van der Waals surface area contributed by atoms with Gasteiger partial charge in [0.1, 0.15) is 0 Å². The first-order valence-electron chi connectivity index (χ1n) is 19.3. The second-order valence-corrected chi connectivity index (χ2v) is 12.5. The smallest absolute Gasteiger partial charge is 0.0147 e. The minimum atomic E-state index is 0.616. The third-order valence-electron chi connectivity index (χ3n) is 9.03. The van der Waals surface area contributed by atoms with Crippen LogP contribution >= 0.6 is 0 Å². The van der Waals surface area contributed by atoms with Gasteiger partial charge in [-0.15, -0.1) is 0 Å². The summed E-state index contributed by atoms with van der Waals surface area (Å²) >= 11 is 0. The first kappa shape index (κ1) is 43.9. The second-order valence-electron chi connectivity index (χ2n) is 12.5. The molecule has 2 unspecified atom stereocenters. The van der Waals surface area contributed by atoms with Crippen LogP contribution in [0.1, 0.15) is 127 Å². The lowest BCUT2D eigenvalue weighted by molar-refractivity contribution is 0.625. The van der Waals surface area contributed by atoms with Crippen molar-refractivity contribution in [3.8, 4) is 11.1 Å². The molecule has 0 amide bonds. The molecular formula is C50H68. The van der Waals surface area contributed by atoms with Gasteiger partial charge in [-0.25, -0.2) is 0 Å². The summed E-state index contributed by atoms with van der Waals surface area (Å²) in [5.74, 6) is 1.32. The molecule has 0 radical (unpaired) electrons. The van der Waals surface area contributed by atoms with Crippen LogP contribution in [0.15, 0.2) is 133 Å². The molecule has 0 aliphatic heterocycles. The summed E-state index contributed by atoms with van der Waals surface area (Å²) in [5.41, 5.74) is 14.0. The van der Waals surface area contributed by atoms with Crippen molar-refractivity contribution in [3.63, 3.8) is 0 Å². The number of aryl methyl sites for hydroxylation is 3. The average Bonchev–Trinajstić information content (AvgIpc) is 3.17. The Hall–Kier alpha value is -4.16. The molecule has 1 aliphatic carbocycles. The van der Waals surface area contributed by atoms with Gasteiger partial charge in [0.05, 0.1) is 0 Å². The minimum absolute atomic E-state index is 0.616. The van der Waals surface area contributed by atoms with Gasteiger partial charge in [-0.05, 0) is 110 Å². The van der Waals surface area contributed by atoms with Crippen LogP contribution in [0, 0.1) is 26.7 Å². The maximum Gasteiger partial charge on any atom is -0.0147 e. The maximum absolute atomic E-state index is 2.35. The Bertz CT molecular complexity index is 1620. The van der Waals surface area contributed by atoms with Crippen molar-refractivity contribution in [1.29, 1.82) is 0 Å². The number of benzene rings is 4. The maximum atomic E-state index is 2.35. The summed E-state index contributed by atoms with van der Waals surface area (Å²) in [6, 6.07) is 34.6. The van der Waals surface area contributed by atoms with E-state index in [0.29, 0.717) is 11.8 Å². The summed E-state index contributed by atoms with van der Waals surface area (Å²) in [5, 5.41) is 0. The quantitative estimate of drug-likeness (QED) is 0.164. The van der Waals surface area contributed by atoms with Crippen molar-refractivity contribution in [2.24, 2.45) is 5.92 Å². The standard InChI is InChI=1S/C17H22.C17H20.C12H14.2C2H6/c2*1-4-13(2)15-10-7-8-12-17(15)16-11-6-5-9-14(16)3;1-3-4-5-8-12-9-6-7-11(2)10-12;2*1-2/h5-6,8-9,11-13H,4,7,10H2,1-3H3;5-13H,4H2,1-3H3;3-10H,1-2H3;2*1-2H3/b;;4-3-,8-5-;;. The Morgan fingerprint density at radius 1 is 0.620 bits per heavy atom. The predicted molar refractivity (Wildman–Crippen MR) is 229 cm³/mol. The lowest BCUT2D eigenvalue weighted by Crippen LogP contribution is -2.04. The topological polar surface area (TPSA) is 0 Å². The van der Waals surface area contributed by atoms with Gasteiger partial charge >= 0.3 is 0 Å². The van der Waals surface area contributed by atoms with Crippen molar-refractivity contribution in [2.75, 3.05) is 0 Å². The molecular weight excluding hydrogens is 601 g/mol. The third kappa shape index (κ3) is 14.4. The van der Waals surface area contributed by atoms with E-state index in [4.69, 9.17) is 0 Å². The fourth-order valence-electron chi connectivity index (χ4n) is 5.90. The van der Waals surface area contributed by atoms with Gasteiger partial charge in [0.2, 0.25) is 0 Å². The Morgan fingerprint density at radius 2 is 1.18 bits per heavy atom. The molecule has 0 nitrogen and oxygen atoms in total. The number of rotatable bonds is 8. The Kier molecular flexibility index (Phi) is 22.6. The molecule has 0 saturated carbocycles. The highest BCUT2D eigenvalue weighted by Gasteiger charge is 2.16. The molecule has 4 aromatic carbocycles. The normalized spacial score (nSPS) is 13.1. The molecule has 5 rings (SSSR count). The van der Waals surface area contributed by atoms with Crippen molar-refractivity contribution in [3.05, 3.63) is 166 Å². The average molecular weight is 669 g/mol. The molecule has 4 aromatic rings. The Balaban J connectivity index is 0.000000362. The summed E-state index contributed by atoms with van der Waals surface area (Å²) in [6.07, 6.45) is 17.7. The molecule has 0 N–H and O–H groups in total.